The van der Waals surface area contributed by atoms with Crippen molar-refractivity contribution in [2.75, 3.05) is 13.7 Å². The fourth-order valence-electron chi connectivity index (χ4n) is 2.50. The fourth-order valence-corrected chi connectivity index (χ4v) is 3.46. The fraction of sp³-hybridized carbons (Fsp3) is 0.400. The zero-order chi connectivity index (χ0) is 20.7. The van der Waals surface area contributed by atoms with Gasteiger partial charge in [-0.2, -0.15) is 0 Å². The van der Waals surface area contributed by atoms with Crippen LogP contribution in [0.2, 0.25) is 0 Å². The van der Waals surface area contributed by atoms with E-state index in [9.17, 15) is 14.4 Å². The minimum atomic E-state index is -0.781. The highest BCUT2D eigenvalue weighted by molar-refractivity contribution is 7.17. The molecule has 2 aromatic rings. The molecule has 150 valence electrons. The van der Waals surface area contributed by atoms with Crippen LogP contribution in [0.25, 0.3) is 10.6 Å². The largest absolute Gasteiger partial charge is 0.467 e. The summed E-state index contributed by atoms with van der Waals surface area (Å²) in [6, 6.07) is 8.72. The smallest absolute Gasteiger partial charge is 0.350 e. The van der Waals surface area contributed by atoms with Gasteiger partial charge in [-0.3, -0.25) is 4.79 Å². The Labute approximate surface area is 168 Å². The summed E-state index contributed by atoms with van der Waals surface area (Å²) >= 11 is 1.21. The molecule has 1 N–H and O–H groups in total. The Morgan fingerprint density at radius 1 is 1.21 bits per heavy atom. The van der Waals surface area contributed by atoms with Crippen LogP contribution in [-0.2, 0) is 19.1 Å². The quantitative estimate of drug-likeness (QED) is 0.680. The Morgan fingerprint density at radius 2 is 1.89 bits per heavy atom. The molecule has 1 aromatic heterocycles. The highest BCUT2D eigenvalue weighted by atomic mass is 32.1. The molecule has 0 radical (unpaired) electrons. The summed E-state index contributed by atoms with van der Waals surface area (Å²) in [5.41, 5.74) is 1.45. The van der Waals surface area contributed by atoms with Crippen LogP contribution >= 0.6 is 11.3 Å². The molecule has 1 heterocycles. The number of hydrogen-bond donors (Lipinski definition) is 1. The second-order valence-corrected chi connectivity index (χ2v) is 7.33. The topological polar surface area (TPSA) is 94.6 Å². The van der Waals surface area contributed by atoms with E-state index in [-0.39, 0.29) is 5.92 Å². The number of carbonyl (C=O) groups is 3. The lowest BCUT2D eigenvalue weighted by molar-refractivity contribution is -0.147. The lowest BCUT2D eigenvalue weighted by atomic mass is 9.99. The maximum absolute atomic E-state index is 12.4. The third kappa shape index (κ3) is 5.39. The molecule has 2 atom stereocenters. The Balaban J connectivity index is 1.99. The van der Waals surface area contributed by atoms with Gasteiger partial charge in [-0.05, 0) is 12.8 Å². The number of aryl methyl sites for hydroxylation is 1. The number of rotatable bonds is 8. The average Bonchev–Trinajstić information content (AvgIpc) is 3.11. The number of thiazole rings is 1. The van der Waals surface area contributed by atoms with Gasteiger partial charge in [-0.1, -0.05) is 50.6 Å². The molecular formula is C20H24N2O5S. The number of hydrogen-bond acceptors (Lipinski definition) is 7. The van der Waals surface area contributed by atoms with Gasteiger partial charge in [0.05, 0.1) is 12.8 Å². The molecule has 0 aliphatic rings. The van der Waals surface area contributed by atoms with Crippen LogP contribution in [0, 0.1) is 12.8 Å². The normalized spacial score (nSPS) is 12.7. The van der Waals surface area contributed by atoms with Crippen molar-refractivity contribution in [2.24, 2.45) is 5.92 Å². The summed E-state index contributed by atoms with van der Waals surface area (Å²) in [6.07, 6.45) is 0.683. The number of ether oxygens (including phenoxy) is 2. The van der Waals surface area contributed by atoms with Gasteiger partial charge in [0.2, 0.25) is 0 Å². The Hall–Kier alpha value is -2.74. The molecule has 0 saturated heterocycles. The second kappa shape index (κ2) is 9.98. The minimum Gasteiger partial charge on any atom is -0.467 e. The Kier molecular flexibility index (Phi) is 7.69. The summed E-state index contributed by atoms with van der Waals surface area (Å²) in [5.74, 6) is -1.82. The van der Waals surface area contributed by atoms with E-state index < -0.39 is 30.5 Å². The van der Waals surface area contributed by atoms with Gasteiger partial charge in [0.25, 0.3) is 5.91 Å². The molecule has 8 heteroatoms. The van der Waals surface area contributed by atoms with Crippen LogP contribution in [0.15, 0.2) is 30.3 Å². The molecule has 2 rings (SSSR count). The summed E-state index contributed by atoms with van der Waals surface area (Å²) in [6.45, 7) is 4.97. The van der Waals surface area contributed by atoms with E-state index in [1.165, 1.54) is 18.4 Å². The number of esters is 2. The van der Waals surface area contributed by atoms with E-state index in [2.05, 4.69) is 10.3 Å². The van der Waals surface area contributed by atoms with Crippen molar-refractivity contribution in [1.29, 1.82) is 0 Å². The van der Waals surface area contributed by atoms with Crippen LogP contribution in [0.4, 0.5) is 0 Å². The molecule has 28 heavy (non-hydrogen) atoms. The molecule has 7 nitrogen and oxygen atoms in total. The van der Waals surface area contributed by atoms with E-state index >= 15 is 0 Å². The standard InChI is InChI=1S/C20H24N2O5S/c1-5-12(2)16(19(24)26-4)22-15(23)11-27-20(25)17-13(3)21-18(28-17)14-9-7-6-8-10-14/h6-10,12,16H,5,11H2,1-4H3,(H,22,23)/t12-,16-/m1/s1. The zero-order valence-corrected chi connectivity index (χ0v) is 17.2. The van der Waals surface area contributed by atoms with Crippen LogP contribution in [0.5, 0.6) is 0 Å². The van der Waals surface area contributed by atoms with Crippen molar-refractivity contribution in [1.82, 2.24) is 10.3 Å². The molecule has 0 fully saturated rings. The summed E-state index contributed by atoms with van der Waals surface area (Å²) in [5, 5.41) is 3.27. The lowest BCUT2D eigenvalue weighted by Crippen LogP contribution is -2.47. The van der Waals surface area contributed by atoms with Gasteiger partial charge in [0.1, 0.15) is 15.9 Å². The molecule has 1 aromatic carbocycles. The van der Waals surface area contributed by atoms with Crippen LogP contribution in [0.1, 0.15) is 35.6 Å². The molecule has 0 spiro atoms. The highest BCUT2D eigenvalue weighted by Crippen LogP contribution is 2.28. The monoisotopic (exact) mass is 404 g/mol. The third-order valence-electron chi connectivity index (χ3n) is 4.32. The number of aromatic nitrogens is 1. The molecule has 0 aliphatic carbocycles. The average molecular weight is 404 g/mol. The zero-order valence-electron chi connectivity index (χ0n) is 16.4. The molecule has 1 amide bonds. The lowest BCUT2D eigenvalue weighted by Gasteiger charge is -2.21. The summed E-state index contributed by atoms with van der Waals surface area (Å²) < 4.78 is 9.84. The van der Waals surface area contributed by atoms with Crippen molar-refractivity contribution in [2.45, 2.75) is 33.2 Å². The number of nitrogens with one attached hydrogen (secondary N) is 1. The number of benzene rings is 1. The number of amides is 1. The third-order valence-corrected chi connectivity index (χ3v) is 5.51. The summed E-state index contributed by atoms with van der Waals surface area (Å²) in [7, 11) is 1.26. The van der Waals surface area contributed by atoms with Crippen molar-refractivity contribution >= 4 is 29.2 Å². The van der Waals surface area contributed by atoms with Gasteiger partial charge in [-0.25, -0.2) is 14.6 Å². The highest BCUT2D eigenvalue weighted by Gasteiger charge is 2.27. The van der Waals surface area contributed by atoms with Gasteiger partial charge in [-0.15, -0.1) is 11.3 Å². The maximum atomic E-state index is 12.4. The molecule has 0 bridgehead atoms. The summed E-state index contributed by atoms with van der Waals surface area (Å²) in [4.78, 5) is 41.1. The minimum absolute atomic E-state index is 0.107. The first-order valence-corrected chi connectivity index (χ1v) is 9.76. The first-order chi connectivity index (χ1) is 13.4. The number of methoxy groups -OCH3 is 1. The van der Waals surface area contributed by atoms with E-state index in [1.54, 1.807) is 6.92 Å². The van der Waals surface area contributed by atoms with Crippen LogP contribution in [0.3, 0.4) is 0 Å². The van der Waals surface area contributed by atoms with Crippen molar-refractivity contribution < 1.29 is 23.9 Å². The van der Waals surface area contributed by atoms with E-state index in [0.29, 0.717) is 22.0 Å². The van der Waals surface area contributed by atoms with E-state index in [4.69, 9.17) is 9.47 Å². The van der Waals surface area contributed by atoms with Gasteiger partial charge in [0, 0.05) is 5.56 Å². The first kappa shape index (κ1) is 21.6. The van der Waals surface area contributed by atoms with Crippen LogP contribution in [-0.4, -0.2) is 42.6 Å². The Morgan fingerprint density at radius 3 is 2.50 bits per heavy atom. The predicted octanol–water partition coefficient (Wildman–Crippen LogP) is 2.98. The predicted molar refractivity (Wildman–Crippen MR) is 106 cm³/mol. The molecule has 0 unspecified atom stereocenters. The number of nitrogens with zero attached hydrogens (tertiary/aromatic N) is 1. The SMILES string of the molecule is CC[C@@H](C)[C@@H](NC(=O)COC(=O)c1sc(-c2ccccc2)nc1C)C(=O)OC. The molecule has 0 aliphatic heterocycles. The van der Waals surface area contributed by atoms with E-state index in [1.807, 2.05) is 44.2 Å². The van der Waals surface area contributed by atoms with Crippen molar-refractivity contribution in [3.05, 3.63) is 40.9 Å². The van der Waals surface area contributed by atoms with Crippen molar-refractivity contribution in [3.8, 4) is 10.6 Å². The second-order valence-electron chi connectivity index (χ2n) is 6.33. The van der Waals surface area contributed by atoms with Crippen LogP contribution < -0.4 is 5.32 Å². The van der Waals surface area contributed by atoms with Gasteiger partial charge < -0.3 is 14.8 Å². The van der Waals surface area contributed by atoms with Crippen molar-refractivity contribution in [3.63, 3.8) is 0 Å². The molecular weight excluding hydrogens is 380 g/mol. The molecule has 0 saturated carbocycles. The Bertz CT molecular complexity index is 834. The first-order valence-electron chi connectivity index (χ1n) is 8.94. The maximum Gasteiger partial charge on any atom is 0.350 e. The van der Waals surface area contributed by atoms with Gasteiger partial charge in [0.15, 0.2) is 6.61 Å². The van der Waals surface area contributed by atoms with E-state index in [0.717, 1.165) is 5.56 Å². The number of carbonyl (C=O) groups excluding carboxylic acids is 3. The van der Waals surface area contributed by atoms with Gasteiger partial charge >= 0.3 is 11.9 Å².